The maximum atomic E-state index is 12.9. The number of methoxy groups -OCH3 is 1. The molecule has 0 amide bonds. The lowest BCUT2D eigenvalue weighted by molar-refractivity contribution is -0.137. The van der Waals surface area contributed by atoms with Crippen molar-refractivity contribution in [2.75, 3.05) is 7.11 Å². The van der Waals surface area contributed by atoms with E-state index in [2.05, 4.69) is 16.8 Å². The molecule has 4 nitrogen and oxygen atoms in total. The molecule has 2 aromatic carbocycles. The van der Waals surface area contributed by atoms with Crippen molar-refractivity contribution in [2.24, 2.45) is 0 Å². The largest absolute Gasteiger partial charge is 0.497 e. The summed E-state index contributed by atoms with van der Waals surface area (Å²) in [6, 6.07) is 13.0. The number of thioether (sulfide) groups is 1. The zero-order chi connectivity index (χ0) is 20.9. The van der Waals surface area contributed by atoms with Gasteiger partial charge in [-0.15, -0.1) is 16.8 Å². The minimum absolute atomic E-state index is 0.363. The van der Waals surface area contributed by atoms with E-state index in [9.17, 15) is 13.2 Å². The molecule has 3 aromatic rings. The molecule has 0 atom stereocenters. The fraction of sp³-hybridized carbons (Fsp3) is 0.238. The quantitative estimate of drug-likeness (QED) is 0.363. The van der Waals surface area contributed by atoms with Crippen LogP contribution in [0.1, 0.15) is 22.5 Å². The van der Waals surface area contributed by atoms with Crippen LogP contribution in [0.4, 0.5) is 13.2 Å². The molecule has 152 valence electrons. The van der Waals surface area contributed by atoms with Crippen molar-refractivity contribution < 1.29 is 17.9 Å². The van der Waals surface area contributed by atoms with Gasteiger partial charge in [-0.05, 0) is 29.3 Å². The van der Waals surface area contributed by atoms with Gasteiger partial charge in [0, 0.05) is 18.7 Å². The Bertz CT molecular complexity index is 968. The summed E-state index contributed by atoms with van der Waals surface area (Å²) in [6.45, 7) is 4.29. The van der Waals surface area contributed by atoms with Gasteiger partial charge in [0.25, 0.3) is 0 Å². The summed E-state index contributed by atoms with van der Waals surface area (Å²) in [5.41, 5.74) is 0.982. The summed E-state index contributed by atoms with van der Waals surface area (Å²) in [4.78, 5) is 0. The van der Waals surface area contributed by atoms with E-state index in [1.165, 1.54) is 23.9 Å². The first-order valence-corrected chi connectivity index (χ1v) is 9.84. The smallest absolute Gasteiger partial charge is 0.416 e. The van der Waals surface area contributed by atoms with E-state index in [-0.39, 0.29) is 0 Å². The molecule has 0 bridgehead atoms. The first-order valence-electron chi connectivity index (χ1n) is 8.85. The average molecular weight is 419 g/mol. The molecular formula is C21H20F3N3OS. The second kappa shape index (κ2) is 9.17. The second-order valence-electron chi connectivity index (χ2n) is 6.31. The van der Waals surface area contributed by atoms with Gasteiger partial charge < -0.3 is 9.30 Å². The molecule has 1 heterocycles. The van der Waals surface area contributed by atoms with Crippen LogP contribution >= 0.6 is 11.8 Å². The van der Waals surface area contributed by atoms with Crippen LogP contribution in [-0.2, 0) is 24.9 Å². The highest BCUT2D eigenvalue weighted by atomic mass is 32.2. The maximum absolute atomic E-state index is 12.9. The molecule has 3 rings (SSSR count). The molecule has 8 heteroatoms. The fourth-order valence-corrected chi connectivity index (χ4v) is 3.69. The Balaban J connectivity index is 1.75. The lowest BCUT2D eigenvalue weighted by atomic mass is 10.1. The van der Waals surface area contributed by atoms with Crippen LogP contribution in [0.5, 0.6) is 5.75 Å². The van der Waals surface area contributed by atoms with Crippen molar-refractivity contribution >= 4 is 11.8 Å². The summed E-state index contributed by atoms with van der Waals surface area (Å²) in [6.07, 6.45) is -2.03. The summed E-state index contributed by atoms with van der Waals surface area (Å²) in [7, 11) is 1.61. The third kappa shape index (κ3) is 5.41. The lowest BCUT2D eigenvalue weighted by Gasteiger charge is -2.10. The van der Waals surface area contributed by atoms with Crippen molar-refractivity contribution in [3.63, 3.8) is 0 Å². The summed E-state index contributed by atoms with van der Waals surface area (Å²) < 4.78 is 45.8. The van der Waals surface area contributed by atoms with E-state index in [0.717, 1.165) is 23.2 Å². The number of hydrogen-bond donors (Lipinski definition) is 0. The van der Waals surface area contributed by atoms with Crippen LogP contribution < -0.4 is 4.74 Å². The van der Waals surface area contributed by atoms with Crippen LogP contribution in [0.25, 0.3) is 0 Å². The first kappa shape index (κ1) is 21.0. The third-order valence-electron chi connectivity index (χ3n) is 4.25. The number of benzene rings is 2. The number of hydrogen-bond acceptors (Lipinski definition) is 4. The maximum Gasteiger partial charge on any atom is 0.416 e. The van der Waals surface area contributed by atoms with Gasteiger partial charge in [-0.25, -0.2) is 0 Å². The molecule has 0 saturated heterocycles. The van der Waals surface area contributed by atoms with E-state index in [1.807, 2.05) is 28.8 Å². The number of nitrogens with zero attached hydrogens (tertiary/aromatic N) is 3. The van der Waals surface area contributed by atoms with Crippen molar-refractivity contribution in [3.8, 4) is 5.75 Å². The lowest BCUT2D eigenvalue weighted by Crippen LogP contribution is -2.06. The van der Waals surface area contributed by atoms with E-state index in [0.29, 0.717) is 29.4 Å². The summed E-state index contributed by atoms with van der Waals surface area (Å²) >= 11 is 1.35. The van der Waals surface area contributed by atoms with E-state index < -0.39 is 11.7 Å². The predicted molar refractivity (Wildman–Crippen MR) is 107 cm³/mol. The Hall–Kier alpha value is -2.74. The highest BCUT2D eigenvalue weighted by molar-refractivity contribution is 7.98. The number of rotatable bonds is 8. The van der Waals surface area contributed by atoms with Gasteiger partial charge in [0.2, 0.25) is 0 Å². The Kier molecular flexibility index (Phi) is 6.64. The van der Waals surface area contributed by atoms with Gasteiger partial charge >= 0.3 is 6.18 Å². The van der Waals surface area contributed by atoms with E-state index in [1.54, 1.807) is 19.3 Å². The zero-order valence-corrected chi connectivity index (χ0v) is 16.6. The minimum Gasteiger partial charge on any atom is -0.497 e. The van der Waals surface area contributed by atoms with Crippen LogP contribution in [0.15, 0.2) is 66.3 Å². The van der Waals surface area contributed by atoms with Crippen molar-refractivity contribution in [1.29, 1.82) is 0 Å². The average Bonchev–Trinajstić information content (AvgIpc) is 3.08. The number of halogens is 3. The Morgan fingerprint density at radius 3 is 2.52 bits per heavy atom. The molecule has 0 radical (unpaired) electrons. The number of aromatic nitrogens is 3. The molecule has 0 unspecified atom stereocenters. The second-order valence-corrected chi connectivity index (χ2v) is 7.25. The molecule has 0 saturated carbocycles. The highest BCUT2D eigenvalue weighted by Gasteiger charge is 2.30. The van der Waals surface area contributed by atoms with Crippen LogP contribution in [-0.4, -0.2) is 21.9 Å². The summed E-state index contributed by atoms with van der Waals surface area (Å²) in [5, 5.41) is 9.15. The van der Waals surface area contributed by atoms with Crippen LogP contribution in [0.3, 0.4) is 0 Å². The zero-order valence-electron chi connectivity index (χ0n) is 15.8. The molecule has 0 aliphatic rings. The van der Waals surface area contributed by atoms with Crippen molar-refractivity contribution in [1.82, 2.24) is 14.8 Å². The molecule has 0 aliphatic heterocycles. The monoisotopic (exact) mass is 419 g/mol. The van der Waals surface area contributed by atoms with Gasteiger partial charge in [-0.2, -0.15) is 13.2 Å². The predicted octanol–water partition coefficient (Wildman–Crippen LogP) is 5.37. The van der Waals surface area contributed by atoms with Crippen LogP contribution in [0, 0.1) is 0 Å². The topological polar surface area (TPSA) is 39.9 Å². The van der Waals surface area contributed by atoms with Gasteiger partial charge in [-0.1, -0.05) is 48.2 Å². The molecular weight excluding hydrogens is 399 g/mol. The normalized spacial score (nSPS) is 11.4. The molecule has 0 spiro atoms. The molecule has 29 heavy (non-hydrogen) atoms. The minimum atomic E-state index is -4.35. The number of alkyl halides is 3. The number of allylic oxidation sites excluding steroid dienone is 1. The van der Waals surface area contributed by atoms with Gasteiger partial charge in [0.05, 0.1) is 12.7 Å². The van der Waals surface area contributed by atoms with E-state index >= 15 is 0 Å². The number of ether oxygens (including phenoxy) is 1. The standard InChI is InChI=1S/C21H20F3N3OS/c1-3-11-27-19(13-15-7-9-18(28-2)10-8-15)25-26-20(27)29-14-16-5-4-6-17(12-16)21(22,23)24/h3-10,12H,1,11,13-14H2,2H3. The highest BCUT2D eigenvalue weighted by Crippen LogP contribution is 2.31. The molecule has 0 N–H and O–H groups in total. The SMILES string of the molecule is C=CCn1c(Cc2ccc(OC)cc2)nnc1SCc1cccc(C(F)(F)F)c1. The molecule has 1 aromatic heterocycles. The molecule has 0 aliphatic carbocycles. The summed E-state index contributed by atoms with van der Waals surface area (Å²) in [5.74, 6) is 1.90. The Morgan fingerprint density at radius 2 is 1.86 bits per heavy atom. The Labute approximate surface area is 171 Å². The Morgan fingerprint density at radius 1 is 1.10 bits per heavy atom. The molecule has 0 fully saturated rings. The van der Waals surface area contributed by atoms with Crippen molar-refractivity contribution in [2.45, 2.75) is 30.1 Å². The van der Waals surface area contributed by atoms with Gasteiger partial charge in [0.1, 0.15) is 11.6 Å². The van der Waals surface area contributed by atoms with Crippen LogP contribution in [0.2, 0.25) is 0 Å². The first-order chi connectivity index (χ1) is 13.9. The fourth-order valence-electron chi connectivity index (χ4n) is 2.78. The third-order valence-corrected chi connectivity index (χ3v) is 5.29. The van der Waals surface area contributed by atoms with Crippen molar-refractivity contribution in [3.05, 3.63) is 83.7 Å². The van der Waals surface area contributed by atoms with Gasteiger partial charge in [0.15, 0.2) is 5.16 Å². The van der Waals surface area contributed by atoms with E-state index in [4.69, 9.17) is 4.74 Å². The van der Waals surface area contributed by atoms with Gasteiger partial charge in [-0.3, -0.25) is 0 Å².